The first kappa shape index (κ1) is 55.1. The molecule has 8 unspecified atom stereocenters. The van der Waals surface area contributed by atoms with E-state index in [4.69, 9.17) is 58.7 Å². The Balaban J connectivity index is 1.30. The van der Waals surface area contributed by atoms with Crippen molar-refractivity contribution in [3.05, 3.63) is 12.2 Å². The van der Waals surface area contributed by atoms with Crippen LogP contribution in [0.15, 0.2) is 12.2 Å². The lowest BCUT2D eigenvalue weighted by Crippen LogP contribution is -2.65. The average Bonchev–Trinajstić information content (AvgIpc) is 3.48. The van der Waals surface area contributed by atoms with Crippen molar-refractivity contribution in [3.63, 3.8) is 0 Å². The van der Waals surface area contributed by atoms with E-state index in [-0.39, 0.29) is 66.2 Å². The Bertz CT molecular complexity index is 2020. The van der Waals surface area contributed by atoms with Crippen molar-refractivity contribution in [1.82, 2.24) is 0 Å². The first-order chi connectivity index (χ1) is 33.3. The Morgan fingerprint density at radius 1 is 0.577 bits per heavy atom. The summed E-state index contributed by atoms with van der Waals surface area (Å²) >= 11 is 0. The van der Waals surface area contributed by atoms with Crippen LogP contribution in [0, 0.1) is 57.7 Å². The molecule has 18 nitrogen and oxygen atoms in total. The number of esters is 5. The SMILES string of the molecule is C=C1C[C@@]23CCC4[C@](C)(C(=O)O)CCC[C@@]4(C)[C@@H]2CCC1(O[C@@H]1OC(COC(C)=O)[C@@H](C)[C@H](OC2OC(COC(C)=O)[C@@H](C)[C@H](C)[C@@H]2OC(C)=O)C1OC1OC(COC(C)=O)[C@@H](C)[C@H](C)[C@@H]1OC(C)=O)C3. The highest BCUT2D eigenvalue weighted by molar-refractivity contribution is 5.75. The molecule has 4 aliphatic carbocycles. The van der Waals surface area contributed by atoms with E-state index in [2.05, 4.69) is 6.92 Å². The van der Waals surface area contributed by atoms with Crippen molar-refractivity contribution in [3.8, 4) is 0 Å². The second-order valence-corrected chi connectivity index (χ2v) is 22.9. The first-order valence-electron chi connectivity index (χ1n) is 25.9. The van der Waals surface area contributed by atoms with E-state index in [1.807, 2.05) is 41.5 Å². The normalized spacial score (nSPS) is 45.1. The maximum Gasteiger partial charge on any atom is 0.309 e. The summed E-state index contributed by atoms with van der Waals surface area (Å²) in [5.41, 5.74) is -1.29. The molecule has 7 fully saturated rings. The second kappa shape index (κ2) is 21.3. The van der Waals surface area contributed by atoms with Gasteiger partial charge >= 0.3 is 35.8 Å². The summed E-state index contributed by atoms with van der Waals surface area (Å²) in [4.78, 5) is 75.2. The smallest absolute Gasteiger partial charge is 0.309 e. The van der Waals surface area contributed by atoms with Crippen LogP contribution >= 0.6 is 0 Å². The number of aliphatic carboxylic acids is 1. The van der Waals surface area contributed by atoms with E-state index in [9.17, 15) is 33.9 Å². The number of ether oxygens (including phenoxy) is 11. The molecule has 3 saturated heterocycles. The minimum Gasteiger partial charge on any atom is -0.481 e. The fourth-order valence-electron chi connectivity index (χ4n) is 14.4. The third-order valence-corrected chi connectivity index (χ3v) is 18.5. The summed E-state index contributed by atoms with van der Waals surface area (Å²) in [7, 11) is 0. The molecule has 0 amide bonds. The molecule has 1 spiro atoms. The lowest BCUT2D eigenvalue weighted by molar-refractivity contribution is -0.389. The van der Waals surface area contributed by atoms with Crippen LogP contribution in [0.5, 0.6) is 0 Å². The molecule has 3 heterocycles. The van der Waals surface area contributed by atoms with E-state index in [0.717, 1.165) is 37.7 Å². The molecule has 0 aromatic carbocycles. The molecule has 0 radical (unpaired) electrons. The zero-order chi connectivity index (χ0) is 52.1. The van der Waals surface area contributed by atoms with Gasteiger partial charge in [-0.3, -0.25) is 28.8 Å². The summed E-state index contributed by atoms with van der Waals surface area (Å²) in [6.07, 6.45) is -3.63. The van der Waals surface area contributed by atoms with Gasteiger partial charge in [-0.25, -0.2) is 0 Å². The molecule has 1 N–H and O–H groups in total. The summed E-state index contributed by atoms with van der Waals surface area (Å²) in [6.45, 7) is 24.5. The Morgan fingerprint density at radius 3 is 1.52 bits per heavy atom. The van der Waals surface area contributed by atoms with Crippen LogP contribution < -0.4 is 0 Å². The quantitative estimate of drug-likeness (QED) is 0.0766. The largest absolute Gasteiger partial charge is 0.481 e. The van der Waals surface area contributed by atoms with Crippen molar-refractivity contribution in [2.24, 2.45) is 57.7 Å². The Labute approximate surface area is 418 Å². The maximum atomic E-state index is 12.9. The van der Waals surface area contributed by atoms with E-state index < -0.39 is 114 Å². The van der Waals surface area contributed by atoms with Gasteiger partial charge in [-0.05, 0) is 98.4 Å². The molecule has 4 saturated carbocycles. The number of carbonyl (C=O) groups excluding carboxylic acids is 5. The summed E-state index contributed by atoms with van der Waals surface area (Å²) in [6, 6.07) is 0. The van der Waals surface area contributed by atoms with Gasteiger partial charge in [0.25, 0.3) is 0 Å². The van der Waals surface area contributed by atoms with Gasteiger partial charge in [0.05, 0.1) is 29.3 Å². The van der Waals surface area contributed by atoms with Gasteiger partial charge in [-0.15, -0.1) is 0 Å². The van der Waals surface area contributed by atoms with Crippen LogP contribution in [-0.4, -0.2) is 128 Å². The van der Waals surface area contributed by atoms with Crippen LogP contribution in [-0.2, 0) is 80.9 Å². The van der Waals surface area contributed by atoms with Crippen LogP contribution in [0.4, 0.5) is 0 Å². The number of rotatable bonds is 15. The van der Waals surface area contributed by atoms with Crippen LogP contribution in [0.1, 0.15) is 141 Å². The third kappa shape index (κ3) is 10.8. The van der Waals surface area contributed by atoms with Crippen molar-refractivity contribution < 1.29 is 86.0 Å². The molecule has 7 aliphatic rings. The molecule has 3 aliphatic heterocycles. The van der Waals surface area contributed by atoms with Crippen LogP contribution in [0.25, 0.3) is 0 Å². The van der Waals surface area contributed by atoms with Gasteiger partial charge in [0, 0.05) is 52.4 Å². The molecule has 0 aromatic rings. The lowest BCUT2D eigenvalue weighted by Gasteiger charge is -2.64. The molecule has 18 heteroatoms. The Morgan fingerprint density at radius 2 is 1.04 bits per heavy atom. The molecule has 21 atom stereocenters. The number of hydrogen-bond donors (Lipinski definition) is 1. The third-order valence-electron chi connectivity index (χ3n) is 18.5. The minimum absolute atomic E-state index is 0.0210. The van der Waals surface area contributed by atoms with Crippen molar-refractivity contribution in [1.29, 1.82) is 0 Å². The lowest BCUT2D eigenvalue weighted by atomic mass is 9.41. The van der Waals surface area contributed by atoms with Crippen molar-refractivity contribution >= 4 is 35.8 Å². The van der Waals surface area contributed by atoms with E-state index >= 15 is 0 Å². The second-order valence-electron chi connectivity index (χ2n) is 22.9. The zero-order valence-corrected chi connectivity index (χ0v) is 43.9. The summed E-state index contributed by atoms with van der Waals surface area (Å²) < 4.78 is 70.5. The maximum absolute atomic E-state index is 12.9. The number of carboxylic acid groups (broad SMARTS) is 1. The molecule has 2 bridgehead atoms. The Kier molecular flexibility index (Phi) is 16.5. The molecular formula is C53H80O18. The first-order valence-corrected chi connectivity index (χ1v) is 25.9. The fraction of sp³-hybridized carbons (Fsp3) is 0.849. The van der Waals surface area contributed by atoms with Crippen LogP contribution in [0.3, 0.4) is 0 Å². The van der Waals surface area contributed by atoms with Gasteiger partial charge < -0.3 is 57.2 Å². The molecule has 71 heavy (non-hydrogen) atoms. The topological polar surface area (TPSA) is 224 Å². The predicted octanol–water partition coefficient (Wildman–Crippen LogP) is 6.86. The fourth-order valence-corrected chi connectivity index (χ4v) is 14.4. The van der Waals surface area contributed by atoms with Gasteiger partial charge in [0.2, 0.25) is 0 Å². The standard InChI is InChI=1S/C53H80O18/c1-26-21-52-19-15-40-50(12,17-14-18-51(40,13)49(59)60)41(52)16-20-53(26,25-52)71-48-45(70-47-44(65-36(11)58)30(5)28(3)38(67-47)23-62-33(8)55)42(31(6)39(68-48)24-63-34(9)56)69-46-43(64-35(10)57)29(4)27(2)37(66-46)22-61-32(7)54/h27-31,37-48H,1,14-25H2,2-13H3,(H,59,60)/t27-,28-,29-,30-,31+,37?,38?,39?,40?,41-,42-,43-,44-,45?,46?,47?,48-,50+,51+,52+,53?/m0/s1. The molecule has 7 rings (SSSR count). The van der Waals surface area contributed by atoms with E-state index in [0.29, 0.717) is 25.7 Å². The van der Waals surface area contributed by atoms with Crippen molar-refractivity contribution in [2.75, 3.05) is 19.8 Å². The van der Waals surface area contributed by atoms with Gasteiger partial charge in [0.1, 0.15) is 32.0 Å². The minimum atomic E-state index is -1.29. The highest BCUT2D eigenvalue weighted by atomic mass is 16.8. The summed E-state index contributed by atoms with van der Waals surface area (Å²) in [5, 5.41) is 10.6. The zero-order valence-electron chi connectivity index (χ0n) is 43.9. The number of carbonyl (C=O) groups is 6. The van der Waals surface area contributed by atoms with Gasteiger partial charge in [-0.2, -0.15) is 0 Å². The highest BCUT2D eigenvalue weighted by Crippen LogP contribution is 2.73. The number of fused-ring (bicyclic) bond motifs is 3. The molecule has 0 aromatic heterocycles. The van der Waals surface area contributed by atoms with E-state index in [1.165, 1.54) is 34.6 Å². The molecule has 400 valence electrons. The highest BCUT2D eigenvalue weighted by Gasteiger charge is 2.69. The van der Waals surface area contributed by atoms with Crippen LogP contribution in [0.2, 0.25) is 0 Å². The molecular weight excluding hydrogens is 925 g/mol. The Hall–Kier alpha value is -3.68. The van der Waals surface area contributed by atoms with Gasteiger partial charge in [0.15, 0.2) is 31.1 Å². The van der Waals surface area contributed by atoms with Crippen molar-refractivity contribution in [2.45, 2.75) is 208 Å². The number of carboxylic acids is 1. The number of hydrogen-bond acceptors (Lipinski definition) is 17. The predicted molar refractivity (Wildman–Crippen MR) is 250 cm³/mol. The van der Waals surface area contributed by atoms with Gasteiger partial charge in [-0.1, -0.05) is 54.5 Å². The summed E-state index contributed by atoms with van der Waals surface area (Å²) in [5.74, 6) is -5.11. The van der Waals surface area contributed by atoms with E-state index in [1.54, 1.807) is 0 Å². The monoisotopic (exact) mass is 1000 g/mol. The average molecular weight is 1010 g/mol.